The van der Waals surface area contributed by atoms with Crippen LogP contribution in [0.1, 0.15) is 31.5 Å². The number of carbonyl (C=O) groups is 1. The molecule has 1 fully saturated rings. The Morgan fingerprint density at radius 2 is 2.21 bits per heavy atom. The first kappa shape index (κ1) is 14.7. The summed E-state index contributed by atoms with van der Waals surface area (Å²) in [7, 11) is 0. The molecule has 2 aromatic heterocycles. The Balaban J connectivity index is 1.67. The number of H-pyrrole nitrogens is 2. The van der Waals surface area contributed by atoms with Crippen molar-refractivity contribution in [1.82, 2.24) is 25.0 Å². The van der Waals surface area contributed by atoms with Crippen LogP contribution in [0, 0.1) is 0 Å². The van der Waals surface area contributed by atoms with Gasteiger partial charge in [-0.1, -0.05) is 11.2 Å². The molecule has 0 saturated carbocycles. The second kappa shape index (κ2) is 5.63. The molecule has 0 aliphatic carbocycles. The van der Waals surface area contributed by atoms with Gasteiger partial charge >= 0.3 is 5.69 Å². The lowest BCUT2D eigenvalue weighted by Crippen LogP contribution is -2.39. The van der Waals surface area contributed by atoms with E-state index in [1.54, 1.807) is 6.07 Å². The summed E-state index contributed by atoms with van der Waals surface area (Å²) in [6, 6.07) is 5.45. The van der Waals surface area contributed by atoms with Gasteiger partial charge in [-0.25, -0.2) is 4.79 Å². The summed E-state index contributed by atoms with van der Waals surface area (Å²) in [5.74, 6) is 1.22. The van der Waals surface area contributed by atoms with Gasteiger partial charge in [-0.15, -0.1) is 0 Å². The highest BCUT2D eigenvalue weighted by Gasteiger charge is 2.29. The quantitative estimate of drug-likeness (QED) is 0.760. The number of benzene rings is 1. The Kier molecular flexibility index (Phi) is 3.44. The molecule has 8 nitrogen and oxygen atoms in total. The SMILES string of the molecule is CCN1CC(c2noc(-c3cccc4[nH]c(=O)[nH]c34)n2)CCC1=O. The van der Waals surface area contributed by atoms with Crippen molar-refractivity contribution in [1.29, 1.82) is 0 Å². The molecule has 1 aliphatic heterocycles. The third-order valence-corrected chi connectivity index (χ3v) is 4.47. The summed E-state index contributed by atoms with van der Waals surface area (Å²) in [6.45, 7) is 3.26. The van der Waals surface area contributed by atoms with Gasteiger partial charge in [0.05, 0.1) is 16.6 Å². The number of piperidine rings is 1. The fourth-order valence-electron chi connectivity index (χ4n) is 3.18. The standard InChI is InChI=1S/C16H17N5O3/c1-2-21-8-9(6-7-12(21)22)14-19-15(24-20-14)10-4-3-5-11-13(10)18-16(23)17-11/h3-5,9H,2,6-8H2,1H3,(H2,17,18,23). The molecular formula is C16H17N5O3. The van der Waals surface area contributed by atoms with Gasteiger partial charge in [0, 0.05) is 25.4 Å². The average Bonchev–Trinajstić information content (AvgIpc) is 3.20. The van der Waals surface area contributed by atoms with Gasteiger partial charge in [0.15, 0.2) is 5.82 Å². The van der Waals surface area contributed by atoms with Crippen LogP contribution in [-0.2, 0) is 4.79 Å². The highest BCUT2D eigenvalue weighted by Crippen LogP contribution is 2.29. The Hall–Kier alpha value is -2.90. The lowest BCUT2D eigenvalue weighted by Gasteiger charge is -2.30. The molecule has 0 bridgehead atoms. The first-order chi connectivity index (χ1) is 11.7. The van der Waals surface area contributed by atoms with E-state index in [9.17, 15) is 9.59 Å². The number of likely N-dealkylation sites (tertiary alicyclic amines) is 1. The van der Waals surface area contributed by atoms with E-state index in [4.69, 9.17) is 4.52 Å². The molecule has 8 heteroatoms. The average molecular weight is 327 g/mol. The van der Waals surface area contributed by atoms with E-state index in [2.05, 4.69) is 20.1 Å². The molecule has 4 rings (SSSR count). The summed E-state index contributed by atoms with van der Waals surface area (Å²) in [5.41, 5.74) is 1.75. The second-order valence-electron chi connectivity index (χ2n) is 5.93. The van der Waals surface area contributed by atoms with Gasteiger partial charge in [0.25, 0.3) is 5.89 Å². The first-order valence-electron chi connectivity index (χ1n) is 7.98. The first-order valence-corrected chi connectivity index (χ1v) is 7.98. The zero-order valence-electron chi connectivity index (χ0n) is 13.2. The van der Waals surface area contributed by atoms with E-state index in [1.165, 1.54) is 0 Å². The maximum Gasteiger partial charge on any atom is 0.323 e. The minimum absolute atomic E-state index is 0.0737. The fourth-order valence-corrected chi connectivity index (χ4v) is 3.18. The van der Waals surface area contributed by atoms with Crippen LogP contribution in [0.2, 0.25) is 0 Å². The highest BCUT2D eigenvalue weighted by molar-refractivity contribution is 5.89. The van der Waals surface area contributed by atoms with Crippen LogP contribution in [0.15, 0.2) is 27.5 Å². The number of nitrogens with zero attached hydrogens (tertiary/aromatic N) is 3. The van der Waals surface area contributed by atoms with Crippen LogP contribution in [0.5, 0.6) is 0 Å². The van der Waals surface area contributed by atoms with Crippen molar-refractivity contribution in [3.8, 4) is 11.5 Å². The Morgan fingerprint density at radius 3 is 3.04 bits per heavy atom. The molecule has 2 N–H and O–H groups in total. The molecular weight excluding hydrogens is 310 g/mol. The molecule has 1 amide bonds. The number of carbonyl (C=O) groups excluding carboxylic acids is 1. The van der Waals surface area contributed by atoms with E-state index >= 15 is 0 Å². The number of rotatable bonds is 3. The van der Waals surface area contributed by atoms with Crippen molar-refractivity contribution in [3.63, 3.8) is 0 Å². The minimum atomic E-state index is -0.276. The molecule has 1 aliphatic rings. The van der Waals surface area contributed by atoms with Crippen molar-refractivity contribution >= 4 is 16.9 Å². The molecule has 3 aromatic rings. The fraction of sp³-hybridized carbons (Fsp3) is 0.375. The van der Waals surface area contributed by atoms with Crippen LogP contribution in [0.4, 0.5) is 0 Å². The third-order valence-electron chi connectivity index (χ3n) is 4.47. The van der Waals surface area contributed by atoms with Crippen LogP contribution in [0.25, 0.3) is 22.5 Å². The van der Waals surface area contributed by atoms with Gasteiger partial charge < -0.3 is 19.4 Å². The summed E-state index contributed by atoms with van der Waals surface area (Å²) in [5, 5.41) is 4.10. The number of nitrogens with one attached hydrogen (secondary N) is 2. The van der Waals surface area contributed by atoms with Crippen molar-refractivity contribution in [2.75, 3.05) is 13.1 Å². The van der Waals surface area contributed by atoms with Crippen LogP contribution in [-0.4, -0.2) is 44.0 Å². The lowest BCUT2D eigenvalue weighted by molar-refractivity contribution is -0.133. The normalized spacial score (nSPS) is 18.5. The van der Waals surface area contributed by atoms with E-state index < -0.39 is 0 Å². The van der Waals surface area contributed by atoms with Gasteiger partial charge in [0.2, 0.25) is 5.91 Å². The molecule has 1 saturated heterocycles. The number of likely N-dealkylation sites (N-methyl/N-ethyl adjacent to an activating group) is 1. The highest BCUT2D eigenvalue weighted by atomic mass is 16.5. The number of fused-ring (bicyclic) bond motifs is 1. The van der Waals surface area contributed by atoms with Crippen LogP contribution < -0.4 is 5.69 Å². The molecule has 0 radical (unpaired) electrons. The molecule has 1 atom stereocenters. The number of imidazole rings is 1. The summed E-state index contributed by atoms with van der Waals surface area (Å²) in [6.07, 6.45) is 1.22. The number of aromatic nitrogens is 4. The molecule has 1 aromatic carbocycles. The zero-order valence-corrected chi connectivity index (χ0v) is 13.2. The van der Waals surface area contributed by atoms with Gasteiger partial charge in [-0.2, -0.15) is 4.98 Å². The minimum Gasteiger partial charge on any atom is -0.342 e. The van der Waals surface area contributed by atoms with E-state index in [-0.39, 0.29) is 17.5 Å². The molecule has 124 valence electrons. The Labute approximate surface area is 136 Å². The number of amides is 1. The molecule has 3 heterocycles. The third kappa shape index (κ3) is 2.40. The topological polar surface area (TPSA) is 108 Å². The number of hydrogen-bond acceptors (Lipinski definition) is 5. The summed E-state index contributed by atoms with van der Waals surface area (Å²) >= 11 is 0. The number of aromatic amines is 2. The van der Waals surface area contributed by atoms with E-state index in [1.807, 2.05) is 24.0 Å². The number of hydrogen-bond donors (Lipinski definition) is 2. The predicted molar refractivity (Wildman–Crippen MR) is 86.4 cm³/mol. The van der Waals surface area contributed by atoms with Gasteiger partial charge in [-0.05, 0) is 25.5 Å². The van der Waals surface area contributed by atoms with Crippen LogP contribution >= 0.6 is 0 Å². The maximum atomic E-state index is 11.8. The second-order valence-corrected chi connectivity index (χ2v) is 5.93. The summed E-state index contributed by atoms with van der Waals surface area (Å²) in [4.78, 5) is 35.1. The van der Waals surface area contributed by atoms with E-state index in [0.717, 1.165) is 6.42 Å². The predicted octanol–water partition coefficient (Wildman–Crippen LogP) is 1.63. The monoisotopic (exact) mass is 327 g/mol. The zero-order chi connectivity index (χ0) is 16.7. The number of para-hydroxylation sites is 1. The van der Waals surface area contributed by atoms with E-state index in [0.29, 0.717) is 47.8 Å². The molecule has 0 spiro atoms. The largest absolute Gasteiger partial charge is 0.342 e. The maximum absolute atomic E-state index is 11.8. The van der Waals surface area contributed by atoms with Crippen molar-refractivity contribution < 1.29 is 9.32 Å². The lowest BCUT2D eigenvalue weighted by atomic mass is 9.97. The van der Waals surface area contributed by atoms with Crippen molar-refractivity contribution in [3.05, 3.63) is 34.5 Å². The van der Waals surface area contributed by atoms with Gasteiger partial charge in [0.1, 0.15) is 0 Å². The van der Waals surface area contributed by atoms with Crippen molar-refractivity contribution in [2.45, 2.75) is 25.7 Å². The smallest absolute Gasteiger partial charge is 0.323 e. The summed E-state index contributed by atoms with van der Waals surface area (Å²) < 4.78 is 5.42. The van der Waals surface area contributed by atoms with Crippen LogP contribution in [0.3, 0.4) is 0 Å². The molecule has 24 heavy (non-hydrogen) atoms. The Bertz CT molecular complexity index is 954. The van der Waals surface area contributed by atoms with Crippen molar-refractivity contribution in [2.24, 2.45) is 0 Å². The molecule has 1 unspecified atom stereocenters. The van der Waals surface area contributed by atoms with Gasteiger partial charge in [-0.3, -0.25) is 4.79 Å². The Morgan fingerprint density at radius 1 is 1.33 bits per heavy atom.